The van der Waals surface area contributed by atoms with E-state index in [0.717, 1.165) is 12.0 Å². The minimum Gasteiger partial charge on any atom is -0.374 e. The van der Waals surface area contributed by atoms with Crippen LogP contribution >= 0.6 is 0 Å². The average molecular weight is 372 g/mol. The minimum absolute atomic E-state index is 0.0108. The predicted molar refractivity (Wildman–Crippen MR) is 98.5 cm³/mol. The molecule has 3 heterocycles. The van der Waals surface area contributed by atoms with Crippen molar-refractivity contribution in [2.45, 2.75) is 31.9 Å². The first-order valence-electron chi connectivity index (χ1n) is 9.03. The van der Waals surface area contributed by atoms with E-state index in [1.54, 1.807) is 11.0 Å². The van der Waals surface area contributed by atoms with Crippen molar-refractivity contribution in [3.63, 3.8) is 0 Å². The van der Waals surface area contributed by atoms with Gasteiger partial charge in [-0.3, -0.25) is 9.59 Å². The maximum atomic E-state index is 13.7. The number of fused-ring (bicyclic) bond motifs is 1. The van der Waals surface area contributed by atoms with Gasteiger partial charge in [-0.05, 0) is 31.0 Å². The van der Waals surface area contributed by atoms with Crippen molar-refractivity contribution in [1.82, 2.24) is 9.97 Å². The Morgan fingerprint density at radius 2 is 2.26 bits per heavy atom. The number of nitrogens with one attached hydrogen (secondary N) is 1. The van der Waals surface area contributed by atoms with E-state index < -0.39 is 0 Å². The Balaban J connectivity index is 1.47. The summed E-state index contributed by atoms with van der Waals surface area (Å²) in [5.41, 5.74) is 1.41. The average Bonchev–Trinajstić information content (AvgIpc) is 2.97. The van der Waals surface area contributed by atoms with Gasteiger partial charge in [-0.1, -0.05) is 6.07 Å². The fraction of sp³-hybridized carbons (Fsp3) is 0.421. The zero-order valence-corrected chi connectivity index (χ0v) is 15.0. The van der Waals surface area contributed by atoms with Gasteiger partial charge in [0.2, 0.25) is 5.91 Å². The van der Waals surface area contributed by atoms with Gasteiger partial charge in [-0.15, -0.1) is 0 Å². The minimum atomic E-state index is -0.346. The zero-order valence-electron chi connectivity index (χ0n) is 15.0. The molecular formula is C19H21FN4O3. The second-order valence-corrected chi connectivity index (χ2v) is 7.00. The van der Waals surface area contributed by atoms with Crippen LogP contribution < -0.4 is 15.4 Å². The molecule has 0 aliphatic carbocycles. The molecule has 2 unspecified atom stereocenters. The van der Waals surface area contributed by atoms with E-state index in [-0.39, 0.29) is 35.9 Å². The molecule has 1 fully saturated rings. The Morgan fingerprint density at radius 1 is 1.41 bits per heavy atom. The van der Waals surface area contributed by atoms with Crippen LogP contribution in [0.4, 0.5) is 15.9 Å². The molecule has 7 nitrogen and oxygen atoms in total. The van der Waals surface area contributed by atoms with Gasteiger partial charge in [0.05, 0.1) is 31.1 Å². The van der Waals surface area contributed by atoms with E-state index in [0.29, 0.717) is 31.2 Å². The molecule has 0 saturated carbocycles. The summed E-state index contributed by atoms with van der Waals surface area (Å²) in [7, 11) is 0. The summed E-state index contributed by atoms with van der Waals surface area (Å²) in [4.78, 5) is 34.7. The van der Waals surface area contributed by atoms with Crippen LogP contribution in [0.5, 0.6) is 0 Å². The zero-order chi connectivity index (χ0) is 19.0. The lowest BCUT2D eigenvalue weighted by Gasteiger charge is -2.34. The summed E-state index contributed by atoms with van der Waals surface area (Å²) in [6.07, 6.45) is 1.97. The number of H-pyrrole nitrogens is 1. The van der Waals surface area contributed by atoms with Gasteiger partial charge in [-0.25, -0.2) is 9.37 Å². The molecular weight excluding hydrogens is 351 g/mol. The van der Waals surface area contributed by atoms with Crippen molar-refractivity contribution in [2.24, 2.45) is 0 Å². The van der Waals surface area contributed by atoms with Crippen molar-refractivity contribution in [2.75, 3.05) is 29.5 Å². The second kappa shape index (κ2) is 7.11. The van der Waals surface area contributed by atoms with E-state index in [9.17, 15) is 14.0 Å². The molecule has 0 radical (unpaired) electrons. The van der Waals surface area contributed by atoms with Crippen LogP contribution in [0.15, 0.2) is 35.4 Å². The molecule has 2 aliphatic rings. The molecule has 1 N–H and O–H groups in total. The Hall–Kier alpha value is -2.74. The standard InChI is InChI=1S/C19H21FN4O3/c1-12-6-13-2-3-14(20)7-16(13)24(12)19(26)8-15-10-23(4-5-27-15)17-9-18(25)22-11-21-17/h2-3,7,9,11-12,15H,4-6,8,10H2,1H3,(H,21,22,25). The number of carbonyl (C=O) groups excluding carboxylic acids is 1. The second-order valence-electron chi connectivity index (χ2n) is 7.00. The van der Waals surface area contributed by atoms with Crippen molar-refractivity contribution >= 4 is 17.4 Å². The summed E-state index contributed by atoms with van der Waals surface area (Å²) in [6, 6.07) is 6.02. The van der Waals surface area contributed by atoms with Crippen molar-refractivity contribution < 1.29 is 13.9 Å². The van der Waals surface area contributed by atoms with E-state index in [1.807, 2.05) is 11.8 Å². The Kier molecular flexibility index (Phi) is 4.65. The summed E-state index contributed by atoms with van der Waals surface area (Å²) in [5, 5.41) is 0. The number of amides is 1. The molecule has 2 aliphatic heterocycles. The molecule has 4 rings (SSSR count). The van der Waals surface area contributed by atoms with E-state index in [2.05, 4.69) is 9.97 Å². The molecule has 142 valence electrons. The Bertz CT molecular complexity index is 916. The summed E-state index contributed by atoms with van der Waals surface area (Å²) in [6.45, 7) is 3.49. The van der Waals surface area contributed by atoms with E-state index in [1.165, 1.54) is 24.5 Å². The van der Waals surface area contributed by atoms with Gasteiger partial charge < -0.3 is 19.5 Å². The fourth-order valence-electron chi connectivity index (χ4n) is 3.84. The van der Waals surface area contributed by atoms with Gasteiger partial charge in [0.1, 0.15) is 11.6 Å². The first kappa shape index (κ1) is 17.7. The lowest BCUT2D eigenvalue weighted by atomic mass is 10.1. The van der Waals surface area contributed by atoms with E-state index in [4.69, 9.17) is 4.74 Å². The first-order chi connectivity index (χ1) is 13.0. The lowest BCUT2D eigenvalue weighted by Crippen LogP contribution is -2.46. The molecule has 1 saturated heterocycles. The number of aromatic nitrogens is 2. The molecule has 0 spiro atoms. The van der Waals surface area contributed by atoms with Gasteiger partial charge in [0, 0.05) is 25.2 Å². The fourth-order valence-corrected chi connectivity index (χ4v) is 3.84. The number of carbonyl (C=O) groups is 1. The maximum absolute atomic E-state index is 13.7. The highest BCUT2D eigenvalue weighted by Gasteiger charge is 2.33. The lowest BCUT2D eigenvalue weighted by molar-refractivity contribution is -0.122. The van der Waals surface area contributed by atoms with Crippen LogP contribution in [0, 0.1) is 5.82 Å². The molecule has 1 aromatic heterocycles. The van der Waals surface area contributed by atoms with Crippen LogP contribution in [0.1, 0.15) is 18.9 Å². The summed E-state index contributed by atoms with van der Waals surface area (Å²) >= 11 is 0. The van der Waals surface area contributed by atoms with E-state index >= 15 is 0 Å². The van der Waals surface area contributed by atoms with Crippen molar-refractivity contribution in [3.8, 4) is 0 Å². The highest BCUT2D eigenvalue weighted by atomic mass is 19.1. The van der Waals surface area contributed by atoms with Crippen molar-refractivity contribution in [3.05, 3.63) is 52.3 Å². The third-order valence-corrected chi connectivity index (χ3v) is 5.06. The van der Waals surface area contributed by atoms with Gasteiger partial charge in [0.15, 0.2) is 0 Å². The number of rotatable bonds is 3. The number of nitrogens with zero attached hydrogens (tertiary/aromatic N) is 3. The highest BCUT2D eigenvalue weighted by molar-refractivity contribution is 5.96. The molecule has 1 amide bonds. The van der Waals surface area contributed by atoms with Gasteiger partial charge in [-0.2, -0.15) is 0 Å². The first-order valence-corrected chi connectivity index (χ1v) is 9.03. The third-order valence-electron chi connectivity index (χ3n) is 5.06. The number of aromatic amines is 1. The summed E-state index contributed by atoms with van der Waals surface area (Å²) < 4.78 is 19.4. The van der Waals surface area contributed by atoms with Crippen LogP contribution in [0.3, 0.4) is 0 Å². The van der Waals surface area contributed by atoms with Gasteiger partial charge >= 0.3 is 0 Å². The maximum Gasteiger partial charge on any atom is 0.252 e. The molecule has 8 heteroatoms. The topological polar surface area (TPSA) is 78.5 Å². The summed E-state index contributed by atoms with van der Waals surface area (Å²) in [5.74, 6) is 0.139. The van der Waals surface area contributed by atoms with Crippen LogP contribution in [0.25, 0.3) is 0 Å². The Labute approximate surface area is 155 Å². The number of morpholine rings is 1. The normalized spacial score (nSPS) is 22.0. The largest absolute Gasteiger partial charge is 0.374 e. The number of anilines is 2. The van der Waals surface area contributed by atoms with Gasteiger partial charge in [0.25, 0.3) is 5.56 Å². The highest BCUT2D eigenvalue weighted by Crippen LogP contribution is 2.33. The SMILES string of the molecule is CC1Cc2ccc(F)cc2N1C(=O)CC1CN(c2cc(=O)[nH]cn2)CCO1. The number of halogens is 1. The quantitative estimate of drug-likeness (QED) is 0.883. The molecule has 0 bridgehead atoms. The molecule has 1 aromatic carbocycles. The van der Waals surface area contributed by atoms with Crippen LogP contribution in [0.2, 0.25) is 0 Å². The number of ether oxygens (including phenoxy) is 1. The molecule has 27 heavy (non-hydrogen) atoms. The smallest absolute Gasteiger partial charge is 0.252 e. The predicted octanol–water partition coefficient (Wildman–Crippen LogP) is 1.48. The van der Waals surface area contributed by atoms with Crippen LogP contribution in [-0.4, -0.2) is 47.7 Å². The van der Waals surface area contributed by atoms with Crippen molar-refractivity contribution in [1.29, 1.82) is 0 Å². The Morgan fingerprint density at radius 3 is 3.07 bits per heavy atom. The van der Waals surface area contributed by atoms with Crippen LogP contribution in [-0.2, 0) is 16.0 Å². The third kappa shape index (κ3) is 3.57. The number of hydrogen-bond acceptors (Lipinski definition) is 5. The molecule has 2 atom stereocenters. The number of benzene rings is 1. The number of hydrogen-bond donors (Lipinski definition) is 1. The molecule has 2 aromatic rings. The monoisotopic (exact) mass is 372 g/mol.